The highest BCUT2D eigenvalue weighted by atomic mass is 28.4. The molecule has 0 bridgehead atoms. The van der Waals surface area contributed by atoms with E-state index in [1.54, 1.807) is 0 Å². The Balaban J connectivity index is 1.36. The summed E-state index contributed by atoms with van der Waals surface area (Å²) in [6, 6.07) is 55.0. The number of anilines is 6. The molecule has 0 fully saturated rings. The second-order valence-electron chi connectivity index (χ2n) is 17.8. The Morgan fingerprint density at radius 2 is 0.782 bits per heavy atom. The summed E-state index contributed by atoms with van der Waals surface area (Å²) in [6.45, 7) is 24.5. The van der Waals surface area contributed by atoms with Crippen LogP contribution in [-0.4, -0.2) is 16.1 Å². The van der Waals surface area contributed by atoms with Crippen LogP contribution in [0.4, 0.5) is 34.1 Å². The Morgan fingerprint density at radius 3 is 1.27 bits per heavy atom. The third kappa shape index (κ3) is 6.07. The van der Waals surface area contributed by atoms with E-state index in [0.717, 1.165) is 5.69 Å². The number of nitrogens with zero attached hydrogens (tertiary/aromatic N) is 2. The Labute approximate surface area is 331 Å². The number of hydrogen-bond acceptors (Lipinski definition) is 2. The normalized spacial score (nSPS) is 13.4. The Bertz CT molecular complexity index is 2550. The standard InChI is InChI=1S/C51H54N2Si2/c1-35-21-24-43(29-37(35)3)52(41-17-13-11-14-18-41)45-26-23-39-32-48-47-28-27-46(53(42-19-15-12-16-20-42)44-25-22-36(2)38(4)30-44)34-50(47)51(54(5,6)7,55(8,9)10)49(48)33-40(39)31-45/h11-34H,1-10H3. The Morgan fingerprint density at radius 1 is 0.345 bits per heavy atom. The third-order valence-corrected chi connectivity index (χ3v) is 22.4. The van der Waals surface area contributed by atoms with Crippen LogP contribution in [0.5, 0.6) is 0 Å². The first kappa shape index (κ1) is 36.8. The lowest BCUT2D eigenvalue weighted by Crippen LogP contribution is -2.63. The van der Waals surface area contributed by atoms with Crippen molar-refractivity contribution in [3.8, 4) is 11.1 Å². The van der Waals surface area contributed by atoms with Crippen molar-refractivity contribution in [1.29, 1.82) is 0 Å². The fourth-order valence-electron chi connectivity index (χ4n) is 9.84. The monoisotopic (exact) mass is 750 g/mol. The zero-order chi connectivity index (χ0) is 38.9. The first-order chi connectivity index (χ1) is 26.2. The summed E-state index contributed by atoms with van der Waals surface area (Å²) in [6.07, 6.45) is 0. The lowest BCUT2D eigenvalue weighted by atomic mass is 9.99. The van der Waals surface area contributed by atoms with Crippen molar-refractivity contribution in [2.75, 3.05) is 9.80 Å². The van der Waals surface area contributed by atoms with Gasteiger partial charge in [-0.3, -0.25) is 0 Å². The van der Waals surface area contributed by atoms with E-state index in [2.05, 4.69) is 222 Å². The van der Waals surface area contributed by atoms with Crippen molar-refractivity contribution < 1.29 is 0 Å². The van der Waals surface area contributed by atoms with Gasteiger partial charge in [0.15, 0.2) is 0 Å². The molecule has 0 unspecified atom stereocenters. The second kappa shape index (κ2) is 13.5. The van der Waals surface area contributed by atoms with Crippen molar-refractivity contribution in [1.82, 2.24) is 0 Å². The molecular weight excluding hydrogens is 697 g/mol. The summed E-state index contributed by atoms with van der Waals surface area (Å²) in [5.41, 5.74) is 18.2. The molecule has 0 N–H and O–H groups in total. The zero-order valence-corrected chi connectivity index (χ0v) is 36.3. The SMILES string of the molecule is Cc1ccc(N(c2ccccc2)c2ccc3c(c2)C([Si](C)(C)C)([Si](C)(C)C)c2cc4cc(N(c5ccccc5)c5ccc(C)c(C)c5)ccc4cc2-3)cc1C. The predicted octanol–water partition coefficient (Wildman–Crippen LogP) is 15.0. The van der Waals surface area contributed by atoms with E-state index < -0.39 is 16.1 Å². The van der Waals surface area contributed by atoms with Gasteiger partial charge in [0.1, 0.15) is 0 Å². The topological polar surface area (TPSA) is 6.48 Å². The molecule has 7 aromatic carbocycles. The molecule has 0 amide bonds. The molecule has 0 saturated heterocycles. The molecule has 0 aromatic heterocycles. The molecule has 7 aromatic rings. The van der Waals surface area contributed by atoms with E-state index >= 15 is 0 Å². The molecule has 8 rings (SSSR count). The largest absolute Gasteiger partial charge is 0.310 e. The van der Waals surface area contributed by atoms with E-state index in [0.29, 0.717) is 0 Å². The van der Waals surface area contributed by atoms with E-state index in [9.17, 15) is 0 Å². The highest BCUT2D eigenvalue weighted by Gasteiger charge is 2.59. The van der Waals surface area contributed by atoms with E-state index in [1.807, 2.05) is 0 Å². The maximum Gasteiger partial charge on any atom is 0.0579 e. The number of rotatable bonds is 8. The smallest absolute Gasteiger partial charge is 0.0579 e. The maximum atomic E-state index is 2.62. The summed E-state index contributed by atoms with van der Waals surface area (Å²) in [7, 11) is -3.90. The Hall–Kier alpha value is -5.17. The van der Waals surface area contributed by atoms with Crippen molar-refractivity contribution >= 4 is 61.0 Å². The van der Waals surface area contributed by atoms with Crippen LogP contribution in [0, 0.1) is 27.7 Å². The lowest BCUT2D eigenvalue weighted by Gasteiger charge is -2.51. The van der Waals surface area contributed by atoms with Gasteiger partial charge >= 0.3 is 0 Å². The number of hydrogen-bond donors (Lipinski definition) is 0. The number of fused-ring (bicyclic) bond motifs is 4. The third-order valence-electron chi connectivity index (χ3n) is 12.4. The first-order valence-electron chi connectivity index (χ1n) is 19.8. The zero-order valence-electron chi connectivity index (χ0n) is 34.3. The van der Waals surface area contributed by atoms with Gasteiger partial charge in [-0.2, -0.15) is 0 Å². The molecule has 0 saturated carbocycles. The molecular formula is C51H54N2Si2. The summed E-state index contributed by atoms with van der Waals surface area (Å²) in [5.74, 6) is 0. The van der Waals surface area contributed by atoms with Crippen LogP contribution < -0.4 is 9.80 Å². The molecule has 55 heavy (non-hydrogen) atoms. The number of aryl methyl sites for hydroxylation is 4. The van der Waals surface area contributed by atoms with Crippen molar-refractivity contribution in [2.24, 2.45) is 0 Å². The lowest BCUT2D eigenvalue weighted by molar-refractivity contribution is 0.953. The first-order valence-corrected chi connectivity index (χ1v) is 26.8. The van der Waals surface area contributed by atoms with E-state index in [4.69, 9.17) is 0 Å². The molecule has 0 atom stereocenters. The molecule has 0 spiro atoms. The minimum absolute atomic E-state index is 0.0103. The van der Waals surface area contributed by atoms with Crippen LogP contribution in [0.3, 0.4) is 0 Å². The van der Waals surface area contributed by atoms with Crippen LogP contribution in [0.25, 0.3) is 21.9 Å². The predicted molar refractivity (Wildman–Crippen MR) is 245 cm³/mol. The van der Waals surface area contributed by atoms with E-state index in [1.165, 1.54) is 83.7 Å². The van der Waals surface area contributed by atoms with Crippen LogP contribution >= 0.6 is 0 Å². The number of benzene rings is 7. The van der Waals surface area contributed by atoms with Gasteiger partial charge in [0.2, 0.25) is 0 Å². The molecule has 1 aliphatic rings. The van der Waals surface area contributed by atoms with Gasteiger partial charge in [-0.05, 0) is 162 Å². The van der Waals surface area contributed by atoms with Crippen molar-refractivity contribution in [3.05, 3.63) is 179 Å². The van der Waals surface area contributed by atoms with Crippen molar-refractivity contribution in [2.45, 2.75) is 71.6 Å². The maximum absolute atomic E-state index is 2.62. The average Bonchev–Trinajstić information content (AvgIpc) is 3.45. The summed E-state index contributed by atoms with van der Waals surface area (Å²) in [5, 5.41) is 2.59. The fourth-order valence-corrected chi connectivity index (χ4v) is 22.9. The highest BCUT2D eigenvalue weighted by Crippen LogP contribution is 2.59. The average molecular weight is 751 g/mol. The van der Waals surface area contributed by atoms with Gasteiger partial charge in [-0.1, -0.05) is 106 Å². The summed E-state index contributed by atoms with van der Waals surface area (Å²) in [4.78, 5) is 4.87. The molecule has 2 nitrogen and oxygen atoms in total. The van der Waals surface area contributed by atoms with Crippen LogP contribution in [0.2, 0.25) is 39.3 Å². The van der Waals surface area contributed by atoms with Crippen LogP contribution in [-0.2, 0) is 4.66 Å². The molecule has 1 aliphatic carbocycles. The van der Waals surface area contributed by atoms with Crippen LogP contribution in [0.1, 0.15) is 33.4 Å². The molecule has 0 heterocycles. The molecule has 0 radical (unpaired) electrons. The molecule has 276 valence electrons. The van der Waals surface area contributed by atoms with Gasteiger partial charge < -0.3 is 9.80 Å². The van der Waals surface area contributed by atoms with Gasteiger partial charge in [0.25, 0.3) is 0 Å². The summed E-state index contributed by atoms with van der Waals surface area (Å²) >= 11 is 0. The Kier molecular flexibility index (Phi) is 9.06. The quantitative estimate of drug-likeness (QED) is 0.143. The minimum atomic E-state index is -1.95. The van der Waals surface area contributed by atoms with Gasteiger partial charge in [0, 0.05) is 38.8 Å². The van der Waals surface area contributed by atoms with Gasteiger partial charge in [-0.25, -0.2) is 0 Å². The van der Waals surface area contributed by atoms with Crippen molar-refractivity contribution in [3.63, 3.8) is 0 Å². The van der Waals surface area contributed by atoms with E-state index in [-0.39, 0.29) is 4.66 Å². The fraction of sp³-hybridized carbons (Fsp3) is 0.216. The van der Waals surface area contributed by atoms with Crippen LogP contribution in [0.15, 0.2) is 146 Å². The van der Waals surface area contributed by atoms with Gasteiger partial charge in [0.05, 0.1) is 16.1 Å². The molecule has 0 aliphatic heterocycles. The highest BCUT2D eigenvalue weighted by molar-refractivity contribution is 6.99. The molecule has 4 heteroatoms. The van der Waals surface area contributed by atoms with Gasteiger partial charge in [-0.15, -0.1) is 0 Å². The number of para-hydroxylation sites is 2. The minimum Gasteiger partial charge on any atom is -0.310 e. The summed E-state index contributed by atoms with van der Waals surface area (Å²) < 4.78 is -0.0103. The second-order valence-corrected chi connectivity index (χ2v) is 28.8.